The summed E-state index contributed by atoms with van der Waals surface area (Å²) in [6.07, 6.45) is 0. The van der Waals surface area contributed by atoms with Crippen molar-refractivity contribution in [3.63, 3.8) is 0 Å². The molecule has 0 saturated carbocycles. The molecule has 0 N–H and O–H groups in total. The molecule has 1 nitrogen and oxygen atoms in total. The van der Waals surface area contributed by atoms with E-state index in [9.17, 15) is 13.6 Å². The van der Waals surface area contributed by atoms with Crippen molar-refractivity contribution < 1.29 is 13.6 Å². The lowest BCUT2D eigenvalue weighted by Gasteiger charge is -2.05. The van der Waals surface area contributed by atoms with Gasteiger partial charge in [-0.1, -0.05) is 13.0 Å². The van der Waals surface area contributed by atoms with Crippen LogP contribution in [0.15, 0.2) is 47.4 Å². The third kappa shape index (κ3) is 3.01. The monoisotopic (exact) mass is 278 g/mol. The van der Waals surface area contributed by atoms with Gasteiger partial charge in [-0.15, -0.1) is 11.8 Å². The van der Waals surface area contributed by atoms with Gasteiger partial charge in [-0.2, -0.15) is 0 Å². The maximum absolute atomic E-state index is 13.5. The fourth-order valence-electron chi connectivity index (χ4n) is 1.73. The summed E-state index contributed by atoms with van der Waals surface area (Å²) in [6, 6.07) is 10.1. The number of halogens is 2. The molecule has 0 bridgehead atoms. The number of benzene rings is 2. The average Bonchev–Trinajstić information content (AvgIpc) is 2.39. The quantitative estimate of drug-likeness (QED) is 0.612. The Morgan fingerprint density at radius 2 is 1.63 bits per heavy atom. The molecule has 0 spiro atoms. The predicted octanol–water partition coefficient (Wildman–Crippen LogP) is 4.31. The van der Waals surface area contributed by atoms with Crippen LogP contribution in [0.5, 0.6) is 0 Å². The molecule has 0 heterocycles. The van der Waals surface area contributed by atoms with Crippen molar-refractivity contribution in [1.82, 2.24) is 0 Å². The number of carbonyl (C=O) groups excluding carboxylic acids is 1. The van der Waals surface area contributed by atoms with Crippen molar-refractivity contribution in [3.8, 4) is 0 Å². The summed E-state index contributed by atoms with van der Waals surface area (Å²) in [5, 5.41) is 0. The minimum atomic E-state index is -0.836. The van der Waals surface area contributed by atoms with Crippen LogP contribution in [0, 0.1) is 11.6 Å². The Morgan fingerprint density at radius 1 is 1.05 bits per heavy atom. The van der Waals surface area contributed by atoms with E-state index >= 15 is 0 Å². The van der Waals surface area contributed by atoms with Crippen molar-refractivity contribution in [3.05, 3.63) is 65.2 Å². The molecule has 0 aliphatic heterocycles. The van der Waals surface area contributed by atoms with Crippen LogP contribution < -0.4 is 0 Å². The Labute approximate surface area is 114 Å². The third-order valence-electron chi connectivity index (χ3n) is 2.62. The van der Waals surface area contributed by atoms with Crippen LogP contribution in [-0.4, -0.2) is 11.5 Å². The highest BCUT2D eigenvalue weighted by molar-refractivity contribution is 7.99. The first kappa shape index (κ1) is 13.7. The van der Waals surface area contributed by atoms with Crippen LogP contribution in [0.25, 0.3) is 0 Å². The number of thioether (sulfide) groups is 1. The zero-order chi connectivity index (χ0) is 13.8. The maximum Gasteiger partial charge on any atom is 0.198 e. The van der Waals surface area contributed by atoms with Crippen LogP contribution in [0.1, 0.15) is 22.8 Å². The van der Waals surface area contributed by atoms with E-state index in [2.05, 4.69) is 0 Å². The van der Waals surface area contributed by atoms with E-state index in [1.807, 2.05) is 6.92 Å². The van der Waals surface area contributed by atoms with Gasteiger partial charge in [0.1, 0.15) is 11.6 Å². The van der Waals surface area contributed by atoms with Crippen molar-refractivity contribution in [2.45, 2.75) is 11.8 Å². The van der Waals surface area contributed by atoms with Gasteiger partial charge in [0.05, 0.1) is 5.56 Å². The fourth-order valence-corrected chi connectivity index (χ4v) is 2.39. The van der Waals surface area contributed by atoms with Gasteiger partial charge in [-0.25, -0.2) is 8.78 Å². The van der Waals surface area contributed by atoms with Crippen LogP contribution in [0.4, 0.5) is 8.78 Å². The second kappa shape index (κ2) is 5.97. The van der Waals surface area contributed by atoms with E-state index in [1.54, 1.807) is 36.0 Å². The third-order valence-corrected chi connectivity index (χ3v) is 3.51. The zero-order valence-corrected chi connectivity index (χ0v) is 11.1. The van der Waals surface area contributed by atoms with Crippen LogP contribution in [0.2, 0.25) is 0 Å². The number of hydrogen-bond donors (Lipinski definition) is 0. The molecule has 2 aromatic rings. The van der Waals surface area contributed by atoms with E-state index < -0.39 is 23.0 Å². The molecule has 0 aromatic heterocycles. The minimum Gasteiger partial charge on any atom is -0.288 e. The second-order valence-corrected chi connectivity index (χ2v) is 5.22. The van der Waals surface area contributed by atoms with Crippen LogP contribution >= 0.6 is 11.8 Å². The Morgan fingerprint density at radius 3 is 2.16 bits per heavy atom. The van der Waals surface area contributed by atoms with Gasteiger partial charge in [0.25, 0.3) is 0 Å². The molecule has 0 aliphatic rings. The highest BCUT2D eigenvalue weighted by atomic mass is 32.2. The molecular formula is C15H12F2OS. The predicted molar refractivity (Wildman–Crippen MR) is 72.6 cm³/mol. The van der Waals surface area contributed by atoms with Gasteiger partial charge in [0.15, 0.2) is 5.78 Å². The number of hydrogen-bond acceptors (Lipinski definition) is 2. The Kier molecular flexibility index (Phi) is 4.32. The van der Waals surface area contributed by atoms with Crippen LogP contribution in [0.3, 0.4) is 0 Å². The van der Waals surface area contributed by atoms with Crippen molar-refractivity contribution in [2.75, 3.05) is 5.75 Å². The largest absolute Gasteiger partial charge is 0.288 e. The lowest BCUT2D eigenvalue weighted by Crippen LogP contribution is -2.07. The molecule has 0 unspecified atom stereocenters. The lowest BCUT2D eigenvalue weighted by atomic mass is 10.0. The van der Waals surface area contributed by atoms with Crippen molar-refractivity contribution in [1.29, 1.82) is 0 Å². The summed E-state index contributed by atoms with van der Waals surface area (Å²) in [5.41, 5.74) is -0.220. The van der Waals surface area contributed by atoms with Crippen molar-refractivity contribution >= 4 is 17.5 Å². The molecule has 0 radical (unpaired) electrons. The maximum atomic E-state index is 13.5. The number of rotatable bonds is 4. The Hall–Kier alpha value is -1.68. The first-order valence-electron chi connectivity index (χ1n) is 5.85. The van der Waals surface area contributed by atoms with E-state index in [1.165, 1.54) is 6.07 Å². The molecule has 98 valence electrons. The highest BCUT2D eigenvalue weighted by Gasteiger charge is 2.18. The number of ketones is 1. The first-order chi connectivity index (χ1) is 9.13. The molecule has 0 saturated heterocycles. The summed E-state index contributed by atoms with van der Waals surface area (Å²) in [6.45, 7) is 2.03. The summed E-state index contributed by atoms with van der Waals surface area (Å²) in [4.78, 5) is 13.1. The average molecular weight is 278 g/mol. The second-order valence-electron chi connectivity index (χ2n) is 3.88. The summed E-state index contributed by atoms with van der Waals surface area (Å²) in [5.74, 6) is -1.38. The first-order valence-corrected chi connectivity index (χ1v) is 6.83. The molecule has 0 aliphatic carbocycles. The molecule has 0 amide bonds. The summed E-state index contributed by atoms with van der Waals surface area (Å²) < 4.78 is 27.0. The van der Waals surface area contributed by atoms with Gasteiger partial charge in [-0.3, -0.25) is 4.79 Å². The summed E-state index contributed by atoms with van der Waals surface area (Å²) >= 11 is 1.64. The molecule has 0 fully saturated rings. The fraction of sp³-hybridized carbons (Fsp3) is 0.133. The van der Waals surface area contributed by atoms with E-state index in [-0.39, 0.29) is 5.56 Å². The summed E-state index contributed by atoms with van der Waals surface area (Å²) in [7, 11) is 0. The molecule has 4 heteroatoms. The van der Waals surface area contributed by atoms with Crippen molar-refractivity contribution in [2.24, 2.45) is 0 Å². The standard InChI is InChI=1S/C15H12F2OS/c1-2-19-11-8-6-10(7-9-11)15(18)14-12(16)4-3-5-13(14)17/h3-9H,2H2,1H3. The number of carbonyl (C=O) groups is 1. The topological polar surface area (TPSA) is 17.1 Å². The highest BCUT2D eigenvalue weighted by Crippen LogP contribution is 2.21. The smallest absolute Gasteiger partial charge is 0.198 e. The lowest BCUT2D eigenvalue weighted by molar-refractivity contribution is 0.103. The molecule has 0 atom stereocenters. The molecular weight excluding hydrogens is 266 g/mol. The van der Waals surface area contributed by atoms with Crippen LogP contribution in [-0.2, 0) is 0 Å². The van der Waals surface area contributed by atoms with E-state index in [0.717, 1.165) is 22.8 Å². The SMILES string of the molecule is CCSc1ccc(C(=O)c2c(F)cccc2F)cc1. The van der Waals surface area contributed by atoms with Gasteiger partial charge in [0, 0.05) is 10.5 Å². The zero-order valence-electron chi connectivity index (χ0n) is 10.3. The van der Waals surface area contributed by atoms with Gasteiger partial charge in [0.2, 0.25) is 0 Å². The molecule has 2 aromatic carbocycles. The van der Waals surface area contributed by atoms with E-state index in [4.69, 9.17) is 0 Å². The molecule has 2 rings (SSSR count). The minimum absolute atomic E-state index is 0.282. The molecule has 19 heavy (non-hydrogen) atoms. The van der Waals surface area contributed by atoms with Gasteiger partial charge < -0.3 is 0 Å². The van der Waals surface area contributed by atoms with E-state index in [0.29, 0.717) is 0 Å². The van der Waals surface area contributed by atoms with Gasteiger partial charge >= 0.3 is 0 Å². The Bertz CT molecular complexity index is 573. The Balaban J connectivity index is 2.34. The van der Waals surface area contributed by atoms with Gasteiger partial charge in [-0.05, 0) is 42.2 Å². The normalized spacial score (nSPS) is 10.5.